The van der Waals surface area contributed by atoms with Gasteiger partial charge in [-0.15, -0.1) is 10.2 Å². The zero-order chi connectivity index (χ0) is 23.0. The van der Waals surface area contributed by atoms with Crippen molar-refractivity contribution >= 4 is 33.9 Å². The minimum Gasteiger partial charge on any atom is -0.482 e. The van der Waals surface area contributed by atoms with Gasteiger partial charge in [-0.3, -0.25) is 4.98 Å². The summed E-state index contributed by atoms with van der Waals surface area (Å²) in [5.74, 6) is 0.561. The second-order valence-corrected chi connectivity index (χ2v) is 7.90. The van der Waals surface area contributed by atoms with Crippen LogP contribution in [0.4, 0.5) is 18.9 Å². The van der Waals surface area contributed by atoms with Gasteiger partial charge in [0.25, 0.3) is 0 Å². The van der Waals surface area contributed by atoms with E-state index in [1.54, 1.807) is 10.6 Å². The van der Waals surface area contributed by atoms with Gasteiger partial charge in [-0.1, -0.05) is 0 Å². The van der Waals surface area contributed by atoms with Crippen LogP contribution in [0.2, 0.25) is 0 Å². The highest BCUT2D eigenvalue weighted by Crippen LogP contribution is 2.26. The van der Waals surface area contributed by atoms with Gasteiger partial charge in [0.05, 0.1) is 34.5 Å². The number of alkyl halides is 3. The summed E-state index contributed by atoms with van der Waals surface area (Å²) in [6.45, 7) is 0.811. The van der Waals surface area contributed by atoms with Crippen LogP contribution < -0.4 is 10.1 Å². The van der Waals surface area contributed by atoms with Crippen LogP contribution in [0.3, 0.4) is 0 Å². The van der Waals surface area contributed by atoms with E-state index in [1.807, 2.05) is 25.1 Å². The highest BCUT2D eigenvalue weighted by Gasteiger charge is 2.28. The zero-order valence-corrected chi connectivity index (χ0v) is 17.9. The quantitative estimate of drug-likeness (QED) is 0.395. The minimum atomic E-state index is -4.43. The second kappa shape index (κ2) is 8.24. The lowest BCUT2D eigenvalue weighted by molar-refractivity contribution is -0.153. The number of ether oxygens (including phenoxy) is 1. The summed E-state index contributed by atoms with van der Waals surface area (Å²) in [6.07, 6.45) is -1.66. The van der Waals surface area contributed by atoms with E-state index >= 15 is 0 Å². The molecule has 0 bridgehead atoms. The fraction of sp³-hybridized carbons (Fsp3) is 0.200. The molecule has 0 spiro atoms. The zero-order valence-electron chi connectivity index (χ0n) is 17.0. The third-order valence-electron chi connectivity index (χ3n) is 4.60. The van der Waals surface area contributed by atoms with E-state index in [1.165, 1.54) is 30.0 Å². The summed E-state index contributed by atoms with van der Waals surface area (Å²) >= 11 is 1.37. The van der Waals surface area contributed by atoms with Crippen molar-refractivity contribution in [1.29, 1.82) is 0 Å². The molecule has 1 N–H and O–H groups in total. The van der Waals surface area contributed by atoms with E-state index in [-0.39, 0.29) is 12.3 Å². The predicted octanol–water partition coefficient (Wildman–Crippen LogP) is 4.05. The van der Waals surface area contributed by atoms with Crippen molar-refractivity contribution in [2.75, 3.05) is 11.9 Å². The lowest BCUT2D eigenvalue weighted by Crippen LogP contribution is -2.19. The number of rotatable bonds is 6. The van der Waals surface area contributed by atoms with Crippen LogP contribution in [0.1, 0.15) is 11.5 Å². The number of hydrogen-bond acceptors (Lipinski definition) is 9. The number of fused-ring (bicyclic) bond motifs is 2. The van der Waals surface area contributed by atoms with Crippen LogP contribution >= 0.6 is 11.5 Å². The lowest BCUT2D eigenvalue weighted by atomic mass is 10.2. The van der Waals surface area contributed by atoms with Gasteiger partial charge in [0.1, 0.15) is 17.0 Å². The molecule has 0 aliphatic carbocycles. The Morgan fingerprint density at radius 3 is 2.79 bits per heavy atom. The topological polar surface area (TPSA) is 103 Å². The molecule has 0 unspecified atom stereocenters. The summed E-state index contributed by atoms with van der Waals surface area (Å²) in [5.41, 5.74) is 3.80. The lowest BCUT2D eigenvalue weighted by Gasteiger charge is -2.11. The first-order valence-electron chi connectivity index (χ1n) is 9.69. The molecule has 13 heteroatoms. The molecular weight excluding hydrogens is 457 g/mol. The van der Waals surface area contributed by atoms with E-state index in [4.69, 9.17) is 4.74 Å². The Morgan fingerprint density at radius 2 is 2.00 bits per heavy atom. The fourth-order valence-corrected chi connectivity index (χ4v) is 3.85. The maximum absolute atomic E-state index is 12.4. The molecule has 0 aliphatic rings. The first-order valence-corrected chi connectivity index (χ1v) is 10.5. The number of nitrogens with zero attached hydrogens (tertiary/aromatic N) is 7. The standard InChI is InChI=1S/C20H15F3N8OS/c1-11-6-16(33-30-11)13-2-3-17-27-28-18(31(17)29-13)9-25-14-4-5-24-15-7-12(8-26-19(14)15)32-10-20(21,22)23/h2-8H,9-10H2,1H3,(H,24,25). The van der Waals surface area contributed by atoms with E-state index in [0.29, 0.717) is 28.2 Å². The summed E-state index contributed by atoms with van der Waals surface area (Å²) in [4.78, 5) is 9.33. The van der Waals surface area contributed by atoms with Crippen LogP contribution in [0.25, 0.3) is 27.3 Å². The number of nitrogens with one attached hydrogen (secondary N) is 1. The van der Waals surface area contributed by atoms with Crippen molar-refractivity contribution in [3.63, 3.8) is 0 Å². The van der Waals surface area contributed by atoms with Gasteiger partial charge < -0.3 is 10.1 Å². The molecule has 5 heterocycles. The Labute approximate surface area is 188 Å². The van der Waals surface area contributed by atoms with Gasteiger partial charge in [0.15, 0.2) is 18.1 Å². The van der Waals surface area contributed by atoms with E-state index in [9.17, 15) is 13.2 Å². The molecular formula is C20H15F3N8OS. The first kappa shape index (κ1) is 21.0. The Bertz CT molecular complexity index is 1450. The molecule has 0 radical (unpaired) electrons. The fourth-order valence-electron chi connectivity index (χ4n) is 3.13. The maximum Gasteiger partial charge on any atom is 0.422 e. The van der Waals surface area contributed by atoms with Crippen LogP contribution in [0, 0.1) is 6.92 Å². The highest BCUT2D eigenvalue weighted by atomic mass is 32.1. The Kier molecular flexibility index (Phi) is 5.24. The normalized spacial score (nSPS) is 11.9. The van der Waals surface area contributed by atoms with Crippen molar-refractivity contribution < 1.29 is 17.9 Å². The van der Waals surface area contributed by atoms with Gasteiger partial charge in [0.2, 0.25) is 0 Å². The van der Waals surface area contributed by atoms with Crippen LogP contribution in [-0.2, 0) is 6.54 Å². The molecule has 168 valence electrons. The number of aromatic nitrogens is 7. The highest BCUT2D eigenvalue weighted by molar-refractivity contribution is 7.09. The Balaban J connectivity index is 1.38. The van der Waals surface area contributed by atoms with Crippen LogP contribution in [-0.4, -0.2) is 46.9 Å². The number of hydrogen-bond donors (Lipinski definition) is 1. The van der Waals surface area contributed by atoms with E-state index in [0.717, 1.165) is 16.3 Å². The molecule has 33 heavy (non-hydrogen) atoms. The summed E-state index contributed by atoms with van der Waals surface area (Å²) in [5, 5.41) is 16.2. The van der Waals surface area contributed by atoms with Crippen molar-refractivity contribution in [2.24, 2.45) is 0 Å². The monoisotopic (exact) mass is 472 g/mol. The Hall–Kier alpha value is -3.87. The SMILES string of the molecule is Cc1cc(-c2ccc3nnc(CNc4ccnc5cc(OCC(F)(F)F)cnc45)n3n2)sn1. The Morgan fingerprint density at radius 1 is 1.12 bits per heavy atom. The number of halogens is 3. The molecule has 0 aromatic carbocycles. The third-order valence-corrected chi connectivity index (χ3v) is 5.50. The molecule has 0 saturated carbocycles. The van der Waals surface area contributed by atoms with E-state index in [2.05, 4.69) is 35.0 Å². The molecule has 0 amide bonds. The number of pyridine rings is 2. The van der Waals surface area contributed by atoms with Crippen LogP contribution in [0.5, 0.6) is 5.75 Å². The summed E-state index contributed by atoms with van der Waals surface area (Å²) in [6, 6.07) is 8.79. The van der Waals surface area contributed by atoms with Crippen molar-refractivity contribution in [2.45, 2.75) is 19.6 Å². The second-order valence-electron chi connectivity index (χ2n) is 7.09. The third kappa shape index (κ3) is 4.53. The van der Waals surface area contributed by atoms with Crippen molar-refractivity contribution in [1.82, 2.24) is 34.2 Å². The average Bonchev–Trinajstić information content (AvgIpc) is 3.41. The van der Waals surface area contributed by atoms with Gasteiger partial charge in [-0.25, -0.2) is 4.98 Å². The smallest absolute Gasteiger partial charge is 0.422 e. The van der Waals surface area contributed by atoms with Crippen LogP contribution in [0.15, 0.2) is 42.7 Å². The maximum atomic E-state index is 12.4. The van der Waals surface area contributed by atoms with Crippen molar-refractivity contribution in [3.05, 3.63) is 54.2 Å². The predicted molar refractivity (Wildman–Crippen MR) is 115 cm³/mol. The average molecular weight is 472 g/mol. The summed E-state index contributed by atoms with van der Waals surface area (Å²) in [7, 11) is 0. The number of aryl methyl sites for hydroxylation is 1. The van der Waals surface area contributed by atoms with Gasteiger partial charge in [0, 0.05) is 12.3 Å². The molecule has 0 aliphatic heterocycles. The molecule has 5 aromatic heterocycles. The number of anilines is 1. The van der Waals surface area contributed by atoms with Gasteiger partial charge in [-0.2, -0.15) is 27.2 Å². The van der Waals surface area contributed by atoms with Gasteiger partial charge in [-0.05, 0) is 42.7 Å². The minimum absolute atomic E-state index is 0.0111. The molecule has 5 rings (SSSR count). The largest absolute Gasteiger partial charge is 0.482 e. The molecule has 9 nitrogen and oxygen atoms in total. The molecule has 0 atom stereocenters. The van der Waals surface area contributed by atoms with E-state index < -0.39 is 12.8 Å². The molecule has 0 saturated heterocycles. The van der Waals surface area contributed by atoms with Crippen molar-refractivity contribution in [3.8, 4) is 16.3 Å². The molecule has 5 aromatic rings. The van der Waals surface area contributed by atoms with Gasteiger partial charge >= 0.3 is 6.18 Å². The first-order chi connectivity index (χ1) is 15.9. The summed E-state index contributed by atoms with van der Waals surface area (Å²) < 4.78 is 47.9. The molecule has 0 fully saturated rings.